The summed E-state index contributed by atoms with van der Waals surface area (Å²) in [6.45, 7) is 7.76. The van der Waals surface area contributed by atoms with Gasteiger partial charge in [0, 0.05) is 17.7 Å². The molecule has 0 aromatic carbocycles. The number of hydrogen-bond acceptors (Lipinski definition) is 3. The summed E-state index contributed by atoms with van der Waals surface area (Å²) in [6, 6.07) is 0.294. The summed E-state index contributed by atoms with van der Waals surface area (Å²) < 4.78 is 0. The summed E-state index contributed by atoms with van der Waals surface area (Å²) in [4.78, 5) is 11.0. The predicted molar refractivity (Wildman–Crippen MR) is 75.3 cm³/mol. The van der Waals surface area contributed by atoms with Crippen molar-refractivity contribution < 1.29 is 9.90 Å². The third kappa shape index (κ3) is 6.77. The van der Waals surface area contributed by atoms with E-state index in [0.717, 1.165) is 38.5 Å². The quantitative estimate of drug-likeness (QED) is 0.523. The molecule has 0 bridgehead atoms. The Balaban J connectivity index is 4.34. The average Bonchev–Trinajstić information content (AvgIpc) is 2.36. The minimum atomic E-state index is -0.907. The third-order valence-electron chi connectivity index (χ3n) is 3.59. The summed E-state index contributed by atoms with van der Waals surface area (Å²) in [5.41, 5.74) is 12.0. The van der Waals surface area contributed by atoms with Crippen molar-refractivity contribution in [3.05, 3.63) is 12.2 Å². The minimum absolute atomic E-state index is 0.00213. The molecule has 0 amide bonds. The van der Waals surface area contributed by atoms with Crippen LogP contribution >= 0.6 is 0 Å². The van der Waals surface area contributed by atoms with E-state index in [2.05, 4.69) is 6.58 Å². The number of carboxylic acids is 1. The van der Waals surface area contributed by atoms with Gasteiger partial charge in [0.05, 0.1) is 0 Å². The van der Waals surface area contributed by atoms with Crippen LogP contribution in [0.1, 0.15) is 52.4 Å². The van der Waals surface area contributed by atoms with Gasteiger partial charge in [-0.2, -0.15) is 0 Å². The third-order valence-corrected chi connectivity index (χ3v) is 3.59. The highest BCUT2D eigenvalue weighted by Gasteiger charge is 2.19. The molecule has 0 heterocycles. The Morgan fingerprint density at radius 1 is 1.06 bits per heavy atom. The fourth-order valence-electron chi connectivity index (χ4n) is 1.91. The molecule has 4 heteroatoms. The van der Waals surface area contributed by atoms with Gasteiger partial charge in [-0.1, -0.05) is 20.4 Å². The zero-order chi connectivity index (χ0) is 14.1. The normalized spacial score (nSPS) is 16.0. The fourth-order valence-corrected chi connectivity index (χ4v) is 1.91. The molecular formula is C14H28N2O2. The molecule has 106 valence electrons. The van der Waals surface area contributed by atoms with E-state index in [-0.39, 0.29) is 18.0 Å². The maximum absolute atomic E-state index is 11.0. The Morgan fingerprint density at radius 3 is 1.72 bits per heavy atom. The Hall–Kier alpha value is -0.870. The molecule has 18 heavy (non-hydrogen) atoms. The van der Waals surface area contributed by atoms with Gasteiger partial charge in [-0.05, 0) is 44.4 Å². The first kappa shape index (κ1) is 17.1. The number of aliphatic carboxylic acids is 1. The van der Waals surface area contributed by atoms with E-state index in [9.17, 15) is 4.79 Å². The maximum atomic E-state index is 11.0. The van der Waals surface area contributed by atoms with E-state index in [1.807, 2.05) is 13.8 Å². The number of nitrogens with two attached hydrogens (primary N) is 2. The van der Waals surface area contributed by atoms with Gasteiger partial charge in [0.25, 0.3) is 0 Å². The summed E-state index contributed by atoms with van der Waals surface area (Å²) in [5.74, 6) is -0.909. The second-order valence-corrected chi connectivity index (χ2v) is 5.02. The lowest BCUT2D eigenvalue weighted by Crippen LogP contribution is -2.24. The Kier molecular flexibility index (Phi) is 8.67. The van der Waals surface area contributed by atoms with Gasteiger partial charge in [0.2, 0.25) is 0 Å². The molecule has 0 aliphatic heterocycles. The van der Waals surface area contributed by atoms with Crippen LogP contribution in [0.3, 0.4) is 0 Å². The zero-order valence-electron chi connectivity index (χ0n) is 11.7. The molecule has 0 aliphatic carbocycles. The first-order valence-corrected chi connectivity index (χ1v) is 6.85. The van der Waals surface area contributed by atoms with Crippen molar-refractivity contribution in [3.8, 4) is 0 Å². The molecule has 0 aliphatic rings. The molecule has 0 radical (unpaired) electrons. The van der Waals surface area contributed by atoms with Crippen molar-refractivity contribution in [1.29, 1.82) is 0 Å². The number of carbonyl (C=O) groups is 1. The van der Waals surface area contributed by atoms with Crippen LogP contribution in [0.4, 0.5) is 0 Å². The van der Waals surface area contributed by atoms with Crippen LogP contribution < -0.4 is 11.5 Å². The molecule has 5 N–H and O–H groups in total. The zero-order valence-corrected chi connectivity index (χ0v) is 11.7. The molecule has 0 saturated heterocycles. The Labute approximate surface area is 110 Å². The van der Waals surface area contributed by atoms with Gasteiger partial charge >= 0.3 is 5.97 Å². The predicted octanol–water partition coefficient (Wildman–Crippen LogP) is 2.28. The highest BCUT2D eigenvalue weighted by molar-refractivity contribution is 5.86. The van der Waals surface area contributed by atoms with Crippen molar-refractivity contribution >= 4 is 5.97 Å². The lowest BCUT2D eigenvalue weighted by atomic mass is 9.87. The van der Waals surface area contributed by atoms with E-state index >= 15 is 0 Å². The summed E-state index contributed by atoms with van der Waals surface area (Å²) in [7, 11) is 0. The largest absolute Gasteiger partial charge is 0.478 e. The molecular weight excluding hydrogens is 228 g/mol. The molecule has 0 aromatic heterocycles. The lowest BCUT2D eigenvalue weighted by molar-refractivity contribution is -0.133. The molecule has 0 aromatic rings. The van der Waals surface area contributed by atoms with Gasteiger partial charge in [-0.25, -0.2) is 4.79 Å². The van der Waals surface area contributed by atoms with Crippen molar-refractivity contribution in [3.63, 3.8) is 0 Å². The Bertz CT molecular complexity index is 253. The van der Waals surface area contributed by atoms with E-state index in [1.54, 1.807) is 0 Å². The first-order chi connectivity index (χ1) is 8.42. The molecule has 2 unspecified atom stereocenters. The van der Waals surface area contributed by atoms with Crippen molar-refractivity contribution in [1.82, 2.24) is 0 Å². The van der Waals surface area contributed by atoms with Gasteiger partial charge in [0.1, 0.15) is 0 Å². The molecule has 4 nitrogen and oxygen atoms in total. The summed E-state index contributed by atoms with van der Waals surface area (Å²) >= 11 is 0. The Morgan fingerprint density at radius 2 is 1.44 bits per heavy atom. The molecule has 0 fully saturated rings. The molecule has 0 saturated carbocycles. The standard InChI is InChI=1S/C14H28N2O2/c1-4-12(15)8-6-11(10(3)14(17)18)7-9-13(16)5-2/h11-13H,3-9,15-16H2,1-2H3,(H,17,18). The van der Waals surface area contributed by atoms with Crippen LogP contribution in [0.5, 0.6) is 0 Å². The molecule has 0 rings (SSSR count). The van der Waals surface area contributed by atoms with Crippen LogP contribution in [0.15, 0.2) is 12.2 Å². The minimum Gasteiger partial charge on any atom is -0.478 e. The average molecular weight is 256 g/mol. The smallest absolute Gasteiger partial charge is 0.331 e. The topological polar surface area (TPSA) is 89.3 Å². The van der Waals surface area contributed by atoms with Crippen LogP contribution in [0.25, 0.3) is 0 Å². The van der Waals surface area contributed by atoms with Gasteiger partial charge in [-0.15, -0.1) is 0 Å². The maximum Gasteiger partial charge on any atom is 0.331 e. The lowest BCUT2D eigenvalue weighted by Gasteiger charge is -2.20. The number of hydrogen-bond donors (Lipinski definition) is 3. The number of carboxylic acid groups (broad SMARTS) is 1. The van der Waals surface area contributed by atoms with E-state index < -0.39 is 5.97 Å². The van der Waals surface area contributed by atoms with Crippen LogP contribution in [0.2, 0.25) is 0 Å². The second kappa shape index (κ2) is 9.11. The van der Waals surface area contributed by atoms with E-state index in [4.69, 9.17) is 16.6 Å². The van der Waals surface area contributed by atoms with Gasteiger partial charge in [-0.3, -0.25) is 0 Å². The van der Waals surface area contributed by atoms with Crippen LogP contribution in [-0.4, -0.2) is 23.2 Å². The molecule has 2 atom stereocenters. The second-order valence-electron chi connectivity index (χ2n) is 5.02. The van der Waals surface area contributed by atoms with E-state index in [1.165, 1.54) is 0 Å². The van der Waals surface area contributed by atoms with Gasteiger partial charge < -0.3 is 16.6 Å². The number of rotatable bonds is 10. The van der Waals surface area contributed by atoms with Crippen molar-refractivity contribution in [2.75, 3.05) is 0 Å². The monoisotopic (exact) mass is 256 g/mol. The molecule has 0 spiro atoms. The summed E-state index contributed by atoms with van der Waals surface area (Å²) in [5, 5.41) is 9.04. The first-order valence-electron chi connectivity index (χ1n) is 6.85. The fraction of sp³-hybridized carbons (Fsp3) is 0.786. The van der Waals surface area contributed by atoms with Crippen molar-refractivity contribution in [2.24, 2.45) is 17.4 Å². The van der Waals surface area contributed by atoms with Crippen molar-refractivity contribution in [2.45, 2.75) is 64.5 Å². The highest BCUT2D eigenvalue weighted by Crippen LogP contribution is 2.23. The van der Waals surface area contributed by atoms with E-state index in [0.29, 0.717) is 5.57 Å². The van der Waals surface area contributed by atoms with Gasteiger partial charge in [0.15, 0.2) is 0 Å². The highest BCUT2D eigenvalue weighted by atomic mass is 16.4. The summed E-state index contributed by atoms with van der Waals surface area (Å²) in [6.07, 6.45) is 5.10. The van der Waals surface area contributed by atoms with Crippen LogP contribution in [-0.2, 0) is 4.79 Å². The SMILES string of the molecule is C=C(C(=O)O)C(CCC(N)CC)CCC(N)CC. The van der Waals surface area contributed by atoms with Crippen LogP contribution in [0, 0.1) is 5.92 Å².